The highest BCUT2D eigenvalue weighted by molar-refractivity contribution is 6.04. The van der Waals surface area contributed by atoms with E-state index in [4.69, 9.17) is 0 Å². The molecule has 1 unspecified atom stereocenters. The van der Waals surface area contributed by atoms with Crippen LogP contribution in [0.2, 0.25) is 0 Å². The number of nitrogens with zero attached hydrogens (tertiary/aromatic N) is 1. The molecule has 3 nitrogen and oxygen atoms in total. The molecular weight excluding hydrogens is 166 g/mol. The maximum absolute atomic E-state index is 11.5. The first-order chi connectivity index (χ1) is 6.20. The molecule has 0 aromatic rings. The van der Waals surface area contributed by atoms with Crippen LogP contribution in [-0.4, -0.2) is 16.7 Å². The molecule has 1 atom stereocenters. The molecule has 0 bridgehead atoms. The predicted octanol–water partition coefficient (Wildman–Crippen LogP) is 1.51. The standard InChI is InChI=1S/C10H14NO2/c1-3-5-6-8-7-9(12)11(4-2)10(8)13/h4-6,8H,3,7H2,1-2H3/b6-5+. The molecule has 1 rings (SSSR count). The first-order valence-electron chi connectivity index (χ1n) is 4.52. The van der Waals surface area contributed by atoms with Gasteiger partial charge in [-0.25, -0.2) is 0 Å². The lowest BCUT2D eigenvalue weighted by Crippen LogP contribution is -2.26. The van der Waals surface area contributed by atoms with Crippen molar-refractivity contribution in [2.75, 3.05) is 0 Å². The van der Waals surface area contributed by atoms with Crippen molar-refractivity contribution in [3.8, 4) is 0 Å². The van der Waals surface area contributed by atoms with Crippen molar-refractivity contribution in [3.05, 3.63) is 18.7 Å². The Hall–Kier alpha value is -1.12. The fourth-order valence-electron chi connectivity index (χ4n) is 1.40. The first kappa shape index (κ1) is 9.96. The molecule has 0 aliphatic carbocycles. The van der Waals surface area contributed by atoms with E-state index in [2.05, 4.69) is 0 Å². The van der Waals surface area contributed by atoms with E-state index >= 15 is 0 Å². The average molecular weight is 180 g/mol. The topological polar surface area (TPSA) is 37.4 Å². The van der Waals surface area contributed by atoms with E-state index in [9.17, 15) is 9.59 Å². The van der Waals surface area contributed by atoms with Crippen LogP contribution in [0.15, 0.2) is 12.2 Å². The third-order valence-corrected chi connectivity index (χ3v) is 2.08. The second-order valence-electron chi connectivity index (χ2n) is 3.01. The molecule has 2 amide bonds. The minimum atomic E-state index is -0.233. The highest BCUT2D eigenvalue weighted by atomic mass is 16.2. The minimum absolute atomic E-state index is 0.0988. The monoisotopic (exact) mass is 180 g/mol. The van der Waals surface area contributed by atoms with Gasteiger partial charge in [-0.2, -0.15) is 0 Å². The summed E-state index contributed by atoms with van der Waals surface area (Å²) in [6, 6.07) is 0. The molecule has 1 aliphatic heterocycles. The van der Waals surface area contributed by atoms with Gasteiger partial charge in [0.15, 0.2) is 0 Å². The molecule has 71 valence electrons. The maximum atomic E-state index is 11.5. The lowest BCUT2D eigenvalue weighted by molar-refractivity contribution is -0.136. The highest BCUT2D eigenvalue weighted by Crippen LogP contribution is 2.21. The minimum Gasteiger partial charge on any atom is -0.277 e. The Morgan fingerprint density at radius 3 is 2.69 bits per heavy atom. The Bertz CT molecular complexity index is 245. The zero-order chi connectivity index (χ0) is 9.84. The lowest BCUT2D eigenvalue weighted by Gasteiger charge is -2.09. The third kappa shape index (κ3) is 1.97. The van der Waals surface area contributed by atoms with Crippen molar-refractivity contribution in [2.45, 2.75) is 26.7 Å². The van der Waals surface area contributed by atoms with Gasteiger partial charge >= 0.3 is 0 Å². The van der Waals surface area contributed by atoms with Gasteiger partial charge in [0.05, 0.1) is 12.5 Å². The van der Waals surface area contributed by atoms with Crippen molar-refractivity contribution in [2.24, 2.45) is 5.92 Å². The van der Waals surface area contributed by atoms with Crippen molar-refractivity contribution in [1.82, 2.24) is 4.90 Å². The van der Waals surface area contributed by atoms with Crippen LogP contribution in [0.25, 0.3) is 0 Å². The average Bonchev–Trinajstić information content (AvgIpc) is 2.38. The van der Waals surface area contributed by atoms with Gasteiger partial charge in [0.1, 0.15) is 0 Å². The van der Waals surface area contributed by atoms with Gasteiger partial charge in [0, 0.05) is 6.42 Å². The highest BCUT2D eigenvalue weighted by Gasteiger charge is 2.35. The molecule has 1 radical (unpaired) electrons. The van der Waals surface area contributed by atoms with Crippen LogP contribution in [0.3, 0.4) is 0 Å². The van der Waals surface area contributed by atoms with E-state index in [-0.39, 0.29) is 17.7 Å². The second-order valence-corrected chi connectivity index (χ2v) is 3.01. The molecule has 0 aromatic carbocycles. The molecule has 0 spiro atoms. The van der Waals surface area contributed by atoms with Gasteiger partial charge in [-0.3, -0.25) is 14.5 Å². The summed E-state index contributed by atoms with van der Waals surface area (Å²) in [5.74, 6) is -0.431. The Morgan fingerprint density at radius 2 is 2.23 bits per heavy atom. The van der Waals surface area contributed by atoms with E-state index in [1.165, 1.54) is 11.4 Å². The Morgan fingerprint density at radius 1 is 1.54 bits per heavy atom. The van der Waals surface area contributed by atoms with Gasteiger partial charge in [0.25, 0.3) is 0 Å². The van der Waals surface area contributed by atoms with Crippen molar-refractivity contribution < 1.29 is 9.59 Å². The van der Waals surface area contributed by atoms with Crippen LogP contribution < -0.4 is 0 Å². The lowest BCUT2D eigenvalue weighted by atomic mass is 10.1. The molecule has 1 saturated heterocycles. The third-order valence-electron chi connectivity index (χ3n) is 2.08. The zero-order valence-electron chi connectivity index (χ0n) is 7.99. The van der Waals surface area contributed by atoms with E-state index in [1.807, 2.05) is 19.1 Å². The van der Waals surface area contributed by atoms with Crippen molar-refractivity contribution in [3.63, 3.8) is 0 Å². The van der Waals surface area contributed by atoms with Gasteiger partial charge in [-0.15, -0.1) is 0 Å². The Labute approximate surface area is 78.4 Å². The van der Waals surface area contributed by atoms with Crippen molar-refractivity contribution in [1.29, 1.82) is 0 Å². The summed E-state index contributed by atoms with van der Waals surface area (Å²) in [6.07, 6.45) is 4.96. The smallest absolute Gasteiger partial charge is 0.236 e. The number of allylic oxidation sites excluding steroid dienone is 1. The van der Waals surface area contributed by atoms with E-state index in [1.54, 1.807) is 6.92 Å². The zero-order valence-corrected chi connectivity index (χ0v) is 7.99. The molecule has 1 heterocycles. The summed E-state index contributed by atoms with van der Waals surface area (Å²) in [5, 5.41) is 0. The second kappa shape index (κ2) is 4.21. The van der Waals surface area contributed by atoms with Gasteiger partial charge in [-0.1, -0.05) is 19.1 Å². The number of hydrogen-bond donors (Lipinski definition) is 0. The van der Waals surface area contributed by atoms with Crippen LogP contribution in [0.5, 0.6) is 0 Å². The van der Waals surface area contributed by atoms with E-state index in [0.717, 1.165) is 6.42 Å². The summed E-state index contributed by atoms with van der Waals surface area (Å²) in [7, 11) is 0. The van der Waals surface area contributed by atoms with E-state index in [0.29, 0.717) is 6.42 Å². The quantitative estimate of drug-likeness (QED) is 0.487. The number of imide groups is 1. The fourth-order valence-corrected chi connectivity index (χ4v) is 1.40. The number of hydrogen-bond acceptors (Lipinski definition) is 2. The summed E-state index contributed by atoms with van der Waals surface area (Å²) in [5.41, 5.74) is 0. The maximum Gasteiger partial charge on any atom is 0.236 e. The molecule has 1 fully saturated rings. The molecule has 3 heteroatoms. The number of likely N-dealkylation sites (tertiary alicyclic amines) is 1. The predicted molar refractivity (Wildman–Crippen MR) is 49.4 cm³/mol. The number of carbonyl (C=O) groups is 2. The normalized spacial score (nSPS) is 23.5. The van der Waals surface area contributed by atoms with Gasteiger partial charge in [-0.05, 0) is 13.3 Å². The molecular formula is C10H14NO2. The summed E-state index contributed by atoms with van der Waals surface area (Å²) in [6.45, 7) is 5.23. The molecule has 0 saturated carbocycles. The summed E-state index contributed by atoms with van der Waals surface area (Å²) in [4.78, 5) is 23.9. The fraction of sp³-hybridized carbons (Fsp3) is 0.500. The van der Waals surface area contributed by atoms with Gasteiger partial charge < -0.3 is 0 Å². The SMILES string of the molecule is C[CH]N1C(=O)CC(/C=C/CC)C1=O. The van der Waals surface area contributed by atoms with Crippen LogP contribution in [0.1, 0.15) is 26.7 Å². The van der Waals surface area contributed by atoms with Crippen LogP contribution in [0.4, 0.5) is 0 Å². The van der Waals surface area contributed by atoms with Crippen LogP contribution in [-0.2, 0) is 9.59 Å². The van der Waals surface area contributed by atoms with Crippen LogP contribution in [0, 0.1) is 12.5 Å². The van der Waals surface area contributed by atoms with E-state index < -0.39 is 0 Å². The molecule has 13 heavy (non-hydrogen) atoms. The van der Waals surface area contributed by atoms with Crippen molar-refractivity contribution >= 4 is 11.8 Å². The largest absolute Gasteiger partial charge is 0.277 e. The van der Waals surface area contributed by atoms with Gasteiger partial charge in [0.2, 0.25) is 11.8 Å². The molecule has 1 aliphatic rings. The number of carbonyl (C=O) groups excluding carboxylic acids is 2. The summed E-state index contributed by atoms with van der Waals surface area (Å²) >= 11 is 0. The number of amides is 2. The number of rotatable bonds is 3. The summed E-state index contributed by atoms with van der Waals surface area (Å²) < 4.78 is 0. The molecule has 0 N–H and O–H groups in total. The van der Waals surface area contributed by atoms with Crippen LogP contribution >= 0.6 is 0 Å². The Kier molecular flexibility index (Phi) is 3.23. The first-order valence-corrected chi connectivity index (χ1v) is 4.52. The Balaban J connectivity index is 2.67. The molecule has 0 aromatic heterocycles.